The van der Waals surface area contributed by atoms with Crippen LogP contribution in [-0.2, 0) is 48.4 Å². The number of ether oxygens (including phenoxy) is 5. The summed E-state index contributed by atoms with van der Waals surface area (Å²) in [5, 5.41) is 12.5. The lowest BCUT2D eigenvalue weighted by Gasteiger charge is -2.46. The van der Waals surface area contributed by atoms with Crippen LogP contribution in [0.25, 0.3) is 0 Å². The maximum atomic E-state index is 15.2. The molecule has 2 N–H and O–H groups in total. The average Bonchev–Trinajstić information content (AvgIpc) is 4.23. The summed E-state index contributed by atoms with van der Waals surface area (Å²) in [4.78, 5) is 92.2. The first-order chi connectivity index (χ1) is 36.0. The molecule has 5 aromatic carbocycles. The SMILES string of the molecule is C=CCOC(=O)[C@H]1[C@@H]2C(=O)O[C@@H](c3ccccc3)[C@@H](c3ccccc3)N2[C@@H](c2ccc(OCCOC(=O)[C@@H]3C[C@@H]4C(=O)N5CCC[C@H]5C(=O)N4[C@@H]3c3cccc(OCCO)c3)cc2)[C@]12C(=O)Nc1ccc(I)cc12. The van der Waals surface area contributed by atoms with Gasteiger partial charge in [0.25, 0.3) is 0 Å². The molecule has 74 heavy (non-hydrogen) atoms. The summed E-state index contributed by atoms with van der Waals surface area (Å²) < 4.78 is 30.9. The van der Waals surface area contributed by atoms with Crippen molar-refractivity contribution < 1.29 is 57.6 Å². The third-order valence-electron chi connectivity index (χ3n) is 15.4. The lowest BCUT2D eigenvalue weighted by atomic mass is 9.65. The fourth-order valence-electron chi connectivity index (χ4n) is 12.5. The molecule has 5 saturated heterocycles. The van der Waals surface area contributed by atoms with Gasteiger partial charge < -0.3 is 43.9 Å². The zero-order valence-corrected chi connectivity index (χ0v) is 42.3. The Morgan fingerprint density at radius 2 is 1.47 bits per heavy atom. The number of nitrogens with one attached hydrogen (secondary N) is 1. The molecule has 16 nitrogen and oxygen atoms in total. The Labute approximate surface area is 440 Å². The summed E-state index contributed by atoms with van der Waals surface area (Å²) in [6, 6.07) is 33.6. The number of fused-ring (bicyclic) bond motifs is 5. The van der Waals surface area contributed by atoms with Crippen molar-refractivity contribution in [2.24, 2.45) is 11.8 Å². The monoisotopic (exact) mass is 1110 g/mol. The number of anilines is 1. The van der Waals surface area contributed by atoms with Crippen molar-refractivity contribution in [1.82, 2.24) is 14.7 Å². The summed E-state index contributed by atoms with van der Waals surface area (Å²) >= 11 is 2.18. The van der Waals surface area contributed by atoms with Crippen LogP contribution in [0.5, 0.6) is 11.5 Å². The molecule has 5 fully saturated rings. The maximum absolute atomic E-state index is 15.2. The molecule has 3 amide bonds. The van der Waals surface area contributed by atoms with Gasteiger partial charge in [-0.2, -0.15) is 0 Å². The van der Waals surface area contributed by atoms with E-state index in [0.717, 1.165) is 21.1 Å². The lowest BCUT2D eigenvalue weighted by Crippen LogP contribution is -2.60. The van der Waals surface area contributed by atoms with E-state index in [-0.39, 0.29) is 51.3 Å². The van der Waals surface area contributed by atoms with Crippen molar-refractivity contribution in [1.29, 1.82) is 0 Å². The van der Waals surface area contributed by atoms with Gasteiger partial charge in [-0.15, -0.1) is 0 Å². The third-order valence-corrected chi connectivity index (χ3v) is 16.0. The fraction of sp³-hybridized carbons (Fsp3) is 0.333. The lowest BCUT2D eigenvalue weighted by molar-refractivity contribution is -0.180. The second-order valence-electron chi connectivity index (χ2n) is 19.3. The highest BCUT2D eigenvalue weighted by Crippen LogP contribution is 2.65. The minimum Gasteiger partial charge on any atom is -0.491 e. The van der Waals surface area contributed by atoms with Gasteiger partial charge >= 0.3 is 17.9 Å². The number of hydrogen-bond acceptors (Lipinski definition) is 13. The Morgan fingerprint density at radius 3 is 2.22 bits per heavy atom. The van der Waals surface area contributed by atoms with Crippen LogP contribution in [0.1, 0.15) is 71.3 Å². The van der Waals surface area contributed by atoms with Crippen molar-refractivity contribution in [3.63, 3.8) is 0 Å². The number of aliphatic hydroxyl groups excluding tert-OH is 1. The van der Waals surface area contributed by atoms with Gasteiger partial charge in [-0.05, 0) is 112 Å². The number of nitrogens with zero attached hydrogens (tertiary/aromatic N) is 3. The molecule has 6 aliphatic heterocycles. The van der Waals surface area contributed by atoms with Crippen LogP contribution >= 0.6 is 22.6 Å². The molecule has 17 heteroatoms. The number of esters is 3. The second kappa shape index (κ2) is 20.3. The molecule has 5 aromatic rings. The van der Waals surface area contributed by atoms with E-state index >= 15 is 4.79 Å². The van der Waals surface area contributed by atoms with Crippen LogP contribution in [0.3, 0.4) is 0 Å². The molecule has 1 spiro atoms. The van der Waals surface area contributed by atoms with Crippen molar-refractivity contribution in [3.05, 3.63) is 171 Å². The number of rotatable bonds is 15. The Kier molecular flexibility index (Phi) is 13.5. The van der Waals surface area contributed by atoms with Crippen LogP contribution in [0.2, 0.25) is 0 Å². The Hall–Kier alpha value is -7.09. The average molecular weight is 1110 g/mol. The van der Waals surface area contributed by atoms with Gasteiger partial charge in [-0.1, -0.05) is 97.6 Å². The van der Waals surface area contributed by atoms with Crippen LogP contribution in [-0.4, -0.2) is 113 Å². The van der Waals surface area contributed by atoms with E-state index in [1.54, 1.807) is 52.3 Å². The standard InChI is InChI=1S/C57H53IN4O12/c1-2-26-72-54(67)45-48-55(68)74-49(34-13-7-4-8-14-34)47(33-11-5-3-6-12-33)62(48)50(57(45)41-31-37(58)20-23-42(41)59-56(57)69)35-18-21-38(22-19-35)71-28-29-73-53(66)40-32-44-51(64)60-24-10-17-43(60)52(65)61(44)46(40)36-15-9-16-39(30-36)70-27-25-63/h2-9,11-16,18-23,30-31,40,43-50,63H,1,10,17,24-29,32H2,(H,59,69)/t40-,43+,44-,45-,46-,47-,48-,49+,50+,57-/m1/s1. The van der Waals surface area contributed by atoms with E-state index in [0.29, 0.717) is 46.8 Å². The molecule has 380 valence electrons. The number of carbonyl (C=O) groups excluding carboxylic acids is 6. The molecule has 0 saturated carbocycles. The van der Waals surface area contributed by atoms with Gasteiger partial charge in [0, 0.05) is 15.8 Å². The Balaban J connectivity index is 0.903. The number of aliphatic hydroxyl groups is 1. The van der Waals surface area contributed by atoms with Gasteiger partial charge in [0.15, 0.2) is 0 Å². The largest absolute Gasteiger partial charge is 0.491 e. The minimum absolute atomic E-state index is 0.0541. The normalized spacial score (nSPS) is 27.7. The van der Waals surface area contributed by atoms with Crippen LogP contribution < -0.4 is 14.8 Å². The number of piperazine rings is 1. The fourth-order valence-corrected chi connectivity index (χ4v) is 13.0. The molecule has 0 aromatic heterocycles. The van der Waals surface area contributed by atoms with E-state index in [4.69, 9.17) is 23.7 Å². The second-order valence-corrected chi connectivity index (χ2v) is 20.5. The maximum Gasteiger partial charge on any atom is 0.325 e. The summed E-state index contributed by atoms with van der Waals surface area (Å²) in [5.41, 5.74) is 2.10. The first-order valence-electron chi connectivity index (χ1n) is 24.9. The summed E-state index contributed by atoms with van der Waals surface area (Å²) in [6.07, 6.45) is 1.97. The van der Waals surface area contributed by atoms with Gasteiger partial charge in [0.05, 0.1) is 30.7 Å². The van der Waals surface area contributed by atoms with Gasteiger partial charge in [0.2, 0.25) is 17.7 Å². The van der Waals surface area contributed by atoms with E-state index in [1.165, 1.54) is 6.08 Å². The molecule has 0 bridgehead atoms. The predicted molar refractivity (Wildman–Crippen MR) is 275 cm³/mol. The third kappa shape index (κ3) is 8.28. The first-order valence-corrected chi connectivity index (χ1v) is 26.0. The molecule has 0 radical (unpaired) electrons. The first kappa shape index (κ1) is 49.1. The summed E-state index contributed by atoms with van der Waals surface area (Å²) in [6.45, 7) is 3.74. The zero-order valence-electron chi connectivity index (χ0n) is 40.1. The number of carbonyl (C=O) groups is 6. The Bertz CT molecular complexity index is 3010. The summed E-state index contributed by atoms with van der Waals surface area (Å²) in [5.74, 6) is -4.21. The predicted octanol–water partition coefficient (Wildman–Crippen LogP) is 6.55. The highest BCUT2D eigenvalue weighted by Gasteiger charge is 2.74. The molecule has 0 aliphatic carbocycles. The number of halogens is 1. The number of morpholine rings is 1. The highest BCUT2D eigenvalue weighted by molar-refractivity contribution is 14.1. The number of hydrogen-bond donors (Lipinski definition) is 2. The van der Waals surface area contributed by atoms with Crippen LogP contribution in [0.4, 0.5) is 5.69 Å². The van der Waals surface area contributed by atoms with E-state index < -0.39 is 83.4 Å². The van der Waals surface area contributed by atoms with E-state index in [9.17, 15) is 29.1 Å². The smallest absolute Gasteiger partial charge is 0.325 e. The summed E-state index contributed by atoms with van der Waals surface area (Å²) in [7, 11) is 0. The molecule has 0 unspecified atom stereocenters. The van der Waals surface area contributed by atoms with Gasteiger partial charge in [0.1, 0.15) is 73.5 Å². The van der Waals surface area contributed by atoms with Gasteiger partial charge in [-0.3, -0.25) is 33.7 Å². The highest BCUT2D eigenvalue weighted by atomic mass is 127. The number of benzene rings is 5. The van der Waals surface area contributed by atoms with Crippen molar-refractivity contribution >= 4 is 63.9 Å². The Morgan fingerprint density at radius 1 is 0.743 bits per heavy atom. The molecular weight excluding hydrogens is 1060 g/mol. The molecule has 10 atom stereocenters. The molecular formula is C57H53IN4O12. The van der Waals surface area contributed by atoms with Crippen molar-refractivity contribution in [2.75, 3.05) is 44.9 Å². The molecule has 11 rings (SSSR count). The van der Waals surface area contributed by atoms with E-state index in [2.05, 4.69) is 34.5 Å². The minimum atomic E-state index is -1.71. The van der Waals surface area contributed by atoms with Crippen LogP contribution in [0.15, 0.2) is 140 Å². The molecule has 6 heterocycles. The number of cyclic esters (lactones) is 1. The topological polar surface area (TPSA) is 191 Å². The van der Waals surface area contributed by atoms with Gasteiger partial charge in [-0.25, -0.2) is 0 Å². The number of amides is 3. The van der Waals surface area contributed by atoms with Crippen LogP contribution in [0, 0.1) is 15.4 Å². The quantitative estimate of drug-likeness (QED) is 0.0378. The van der Waals surface area contributed by atoms with E-state index in [1.807, 2.05) is 89.8 Å². The van der Waals surface area contributed by atoms with Crippen molar-refractivity contribution in [3.8, 4) is 11.5 Å². The molecule has 6 aliphatic rings. The zero-order chi connectivity index (χ0) is 51.3. The van der Waals surface area contributed by atoms with Crippen molar-refractivity contribution in [2.45, 2.75) is 67.0 Å².